The minimum Gasteiger partial charge on any atom is -0.554 e. The number of nitrogens with zero attached hydrogens (tertiary/aromatic N) is 2. The topological polar surface area (TPSA) is 72.7 Å². The smallest absolute Gasteiger partial charge is 0.311 e. The summed E-state index contributed by atoms with van der Waals surface area (Å²) in [6.07, 6.45) is 13.6. The number of anilines is 1. The van der Waals surface area contributed by atoms with E-state index in [1.807, 2.05) is 30.3 Å². The van der Waals surface area contributed by atoms with Gasteiger partial charge in [-0.1, -0.05) is 83.0 Å². The highest BCUT2D eigenvalue weighted by Crippen LogP contribution is 2.48. The van der Waals surface area contributed by atoms with Gasteiger partial charge in [0, 0.05) is 58.6 Å². The molecule has 0 saturated heterocycles. The first-order valence-corrected chi connectivity index (χ1v) is 19.3. The molecule has 7 heteroatoms. The normalized spacial score (nSPS) is 18.4. The number of carbonyl (C=O) groups is 2. The Balaban J connectivity index is 0.00000168. The van der Waals surface area contributed by atoms with Crippen LogP contribution in [-0.4, -0.2) is 35.8 Å². The summed E-state index contributed by atoms with van der Waals surface area (Å²) in [5.41, 5.74) is 13.0. The lowest BCUT2D eigenvalue weighted by Gasteiger charge is -2.26. The van der Waals surface area contributed by atoms with E-state index in [2.05, 4.69) is 133 Å². The van der Waals surface area contributed by atoms with Gasteiger partial charge in [-0.25, -0.2) is 0 Å². The third-order valence-corrected chi connectivity index (χ3v) is 11.6. The summed E-state index contributed by atoms with van der Waals surface area (Å²) in [7, 11) is 0. The second-order valence-corrected chi connectivity index (χ2v) is 15.5. The molecule has 0 amide bonds. The molecule has 0 aromatic heterocycles. The fourth-order valence-corrected chi connectivity index (χ4v) is 8.55. The minimum atomic E-state index is -0.500. The molecule has 3 aliphatic rings. The Kier molecular flexibility index (Phi) is 13.0. The van der Waals surface area contributed by atoms with Crippen LogP contribution in [0.4, 0.5) is 11.4 Å². The second-order valence-electron chi connectivity index (χ2n) is 14.6. The highest BCUT2D eigenvalue weighted by atomic mass is 79.9. The van der Waals surface area contributed by atoms with Crippen molar-refractivity contribution in [3.8, 4) is 5.75 Å². The molecule has 272 valence electrons. The third kappa shape index (κ3) is 8.43. The highest BCUT2D eigenvalue weighted by Gasteiger charge is 2.43. The van der Waals surface area contributed by atoms with Gasteiger partial charge in [0.15, 0.2) is 5.71 Å². The van der Waals surface area contributed by atoms with Crippen molar-refractivity contribution in [3.05, 3.63) is 130 Å². The van der Waals surface area contributed by atoms with E-state index in [0.717, 1.165) is 51.6 Å². The molecule has 0 bridgehead atoms. The van der Waals surface area contributed by atoms with Gasteiger partial charge < -0.3 is 19.5 Å². The summed E-state index contributed by atoms with van der Waals surface area (Å²) in [6, 6.07) is 26.9. The van der Waals surface area contributed by atoms with E-state index in [1.165, 1.54) is 44.0 Å². The molecule has 1 aliphatic carbocycles. The van der Waals surface area contributed by atoms with Crippen molar-refractivity contribution in [1.29, 1.82) is 0 Å². The van der Waals surface area contributed by atoms with Gasteiger partial charge in [-0.2, -0.15) is 4.58 Å². The first-order chi connectivity index (χ1) is 25.0. The lowest BCUT2D eigenvalue weighted by Crippen LogP contribution is -2.27. The molecule has 1 unspecified atom stereocenters. The predicted molar refractivity (Wildman–Crippen MR) is 212 cm³/mol. The van der Waals surface area contributed by atoms with Gasteiger partial charge in [0.25, 0.3) is 0 Å². The third-order valence-electron chi connectivity index (χ3n) is 10.5. The highest BCUT2D eigenvalue weighted by molar-refractivity contribution is 9.11. The summed E-state index contributed by atoms with van der Waals surface area (Å²) < 4.78 is 9.23. The van der Waals surface area contributed by atoms with Gasteiger partial charge in [-0.3, -0.25) is 4.79 Å². The largest absolute Gasteiger partial charge is 0.554 e. The van der Waals surface area contributed by atoms with Gasteiger partial charge in [0.1, 0.15) is 12.3 Å². The number of fused-ring (bicyclic) bond motifs is 2. The van der Waals surface area contributed by atoms with E-state index in [0.29, 0.717) is 18.1 Å². The number of esters is 1. The number of benzene rings is 3. The van der Waals surface area contributed by atoms with Crippen LogP contribution >= 0.6 is 15.9 Å². The molecule has 6 rings (SSSR count). The molecule has 0 fully saturated rings. The van der Waals surface area contributed by atoms with Crippen molar-refractivity contribution in [3.63, 3.8) is 0 Å². The number of unbranched alkanes of at least 4 members (excludes halogenated alkanes) is 2. The molecule has 52 heavy (non-hydrogen) atoms. The lowest BCUT2D eigenvalue weighted by molar-refractivity contribution is -0.433. The number of hydrogen-bond donors (Lipinski definition) is 0. The van der Waals surface area contributed by atoms with E-state index >= 15 is 0 Å². The van der Waals surface area contributed by atoms with E-state index in [1.54, 1.807) is 0 Å². The summed E-state index contributed by atoms with van der Waals surface area (Å²) in [5.74, 6) is 0.735. The maximum Gasteiger partial charge on any atom is 0.311 e. The fourth-order valence-electron chi connectivity index (χ4n) is 7.86. The summed E-state index contributed by atoms with van der Waals surface area (Å²) in [6.45, 7) is 12.9. The zero-order valence-electron chi connectivity index (χ0n) is 31.2. The van der Waals surface area contributed by atoms with Crippen LogP contribution in [0.25, 0.3) is 0 Å². The number of hydrogen-bond acceptors (Lipinski definition) is 5. The van der Waals surface area contributed by atoms with Crippen LogP contribution in [0.1, 0.15) is 90.7 Å². The summed E-state index contributed by atoms with van der Waals surface area (Å²) in [4.78, 5) is 23.1. The number of rotatable bonds is 11. The Hall–Kier alpha value is -4.45. The van der Waals surface area contributed by atoms with Crippen molar-refractivity contribution in [1.82, 2.24) is 0 Å². The lowest BCUT2D eigenvalue weighted by atomic mass is 9.81. The van der Waals surface area contributed by atoms with Crippen LogP contribution in [0.5, 0.6) is 5.75 Å². The number of allylic oxidation sites excluding steroid dienone is 5. The van der Waals surface area contributed by atoms with Gasteiger partial charge in [0.05, 0.1) is 11.1 Å². The van der Waals surface area contributed by atoms with Crippen molar-refractivity contribution in [2.45, 2.75) is 90.4 Å². The minimum absolute atomic E-state index is 0.0352. The van der Waals surface area contributed by atoms with Gasteiger partial charge in [0.2, 0.25) is 5.69 Å². The van der Waals surface area contributed by atoms with Crippen molar-refractivity contribution < 1.29 is 24.0 Å². The molecule has 0 N–H and O–H groups in total. The predicted octanol–water partition coefficient (Wildman–Crippen LogP) is 9.46. The number of carbonyl (C=O) groups excluding carboxylic acids is 2. The zero-order valence-corrected chi connectivity index (χ0v) is 32.7. The quantitative estimate of drug-likeness (QED) is 0.0486. The van der Waals surface area contributed by atoms with Gasteiger partial charge in [-0.15, -0.1) is 5.73 Å². The van der Waals surface area contributed by atoms with E-state index in [9.17, 15) is 4.79 Å². The van der Waals surface area contributed by atoms with E-state index < -0.39 is 6.47 Å². The number of ether oxygens (including phenoxy) is 1. The Bertz CT molecular complexity index is 1910. The Morgan fingerprint density at radius 3 is 2.35 bits per heavy atom. The maximum absolute atomic E-state index is 12.4. The van der Waals surface area contributed by atoms with Crippen LogP contribution in [0.2, 0.25) is 0 Å². The number of halogens is 1. The van der Waals surface area contributed by atoms with Crippen LogP contribution < -0.4 is 14.7 Å². The molecular formula is C45H51BrN2O4. The second kappa shape index (κ2) is 17.4. The standard InChI is InChI=1S/C44H50BrN2O2.CH2O2/c1-6-46-37-24-14-12-22-35(37)43(2,3)39(46)29-27-32-18-17-19-33(42(32)45)28-30-40-44(4,5)36-23-13-15-25-38(36)47(40)31-16-8-11-26-41(48)49-34-20-9-7-10-21-34;2-1-3/h7,9-10,12-15,20-25,27-29,33H,6,8,11,16-19,26,31H2,1-5H3;1H,(H,2,3)/q+1;/p-1/b29-27+;. The number of carboxylic acid groups (broad SMARTS) is 1. The molecule has 0 spiro atoms. The van der Waals surface area contributed by atoms with Crippen LogP contribution in [0, 0.1) is 5.92 Å². The Morgan fingerprint density at radius 1 is 0.942 bits per heavy atom. The fraction of sp³-hybridized carbons (Fsp3) is 0.378. The molecular weight excluding hydrogens is 712 g/mol. The Labute approximate surface area is 318 Å². The molecule has 2 heterocycles. The molecule has 0 saturated carbocycles. The Morgan fingerprint density at radius 2 is 1.62 bits per heavy atom. The van der Waals surface area contributed by atoms with Crippen LogP contribution in [0.15, 0.2) is 119 Å². The number of para-hydroxylation sites is 3. The van der Waals surface area contributed by atoms with E-state index in [4.69, 9.17) is 14.6 Å². The molecule has 1 atom stereocenters. The SMILES string of the molecule is CC[N+]1=C(/C=C/C2=C(Br)C(C=C=C3N(CCCCCC(=O)Oc4ccccc4)c4ccccc4C3(C)C)CCC2)C(C)(C)c2ccccc21.O=C[O-]. The molecule has 0 radical (unpaired) electrons. The molecule has 3 aromatic carbocycles. The van der Waals surface area contributed by atoms with Crippen molar-refractivity contribution in [2.24, 2.45) is 5.92 Å². The first kappa shape index (κ1) is 38.8. The van der Waals surface area contributed by atoms with Crippen molar-refractivity contribution in [2.75, 3.05) is 18.0 Å². The monoisotopic (exact) mass is 762 g/mol. The zero-order chi connectivity index (χ0) is 37.3. The first-order valence-electron chi connectivity index (χ1n) is 18.5. The van der Waals surface area contributed by atoms with Gasteiger partial charge >= 0.3 is 5.97 Å². The van der Waals surface area contributed by atoms with Gasteiger partial charge in [-0.05, 0) is 102 Å². The molecule has 6 nitrogen and oxygen atoms in total. The molecule has 3 aromatic rings. The average Bonchev–Trinajstić information content (AvgIpc) is 3.49. The van der Waals surface area contributed by atoms with E-state index in [-0.39, 0.29) is 16.8 Å². The van der Waals surface area contributed by atoms with Crippen LogP contribution in [0.3, 0.4) is 0 Å². The summed E-state index contributed by atoms with van der Waals surface area (Å²) in [5, 5.41) is 8.25. The van der Waals surface area contributed by atoms with Crippen LogP contribution in [-0.2, 0) is 20.4 Å². The van der Waals surface area contributed by atoms with Crippen molar-refractivity contribution >= 4 is 45.5 Å². The maximum atomic E-state index is 12.4. The molecule has 2 aliphatic heterocycles. The average molecular weight is 764 g/mol. The summed E-state index contributed by atoms with van der Waals surface area (Å²) >= 11 is 4.07.